The Balaban J connectivity index is 1.60. The van der Waals surface area contributed by atoms with E-state index in [-0.39, 0.29) is 23.8 Å². The highest BCUT2D eigenvalue weighted by molar-refractivity contribution is 5.97. The van der Waals surface area contributed by atoms with E-state index in [2.05, 4.69) is 5.32 Å². The molecule has 2 amide bonds. The molecule has 9 nitrogen and oxygen atoms in total. The first kappa shape index (κ1) is 24.7. The normalized spacial score (nSPS) is 17.1. The Hall–Kier alpha value is -4.37. The fourth-order valence-corrected chi connectivity index (χ4v) is 4.04. The molecular formula is C27H29N5O4. The van der Waals surface area contributed by atoms with E-state index in [9.17, 15) is 9.59 Å². The molecule has 0 heterocycles. The number of rotatable bonds is 8. The predicted molar refractivity (Wildman–Crippen MR) is 137 cm³/mol. The van der Waals surface area contributed by atoms with Crippen molar-refractivity contribution in [2.45, 2.75) is 37.8 Å². The van der Waals surface area contributed by atoms with Crippen LogP contribution < -0.4 is 32.0 Å². The van der Waals surface area contributed by atoms with Gasteiger partial charge in [0.2, 0.25) is 5.91 Å². The molecule has 1 fully saturated rings. The van der Waals surface area contributed by atoms with Crippen molar-refractivity contribution >= 4 is 17.6 Å². The van der Waals surface area contributed by atoms with E-state index in [1.54, 1.807) is 60.7 Å². The zero-order valence-electron chi connectivity index (χ0n) is 19.7. The maximum Gasteiger partial charge on any atom is 0.255 e. The lowest BCUT2D eigenvalue weighted by Gasteiger charge is -2.27. The number of ether oxygens (including phenoxy) is 2. The summed E-state index contributed by atoms with van der Waals surface area (Å²) in [5, 5.41) is 10.6. The number of nitrogens with two attached hydrogens (primary N) is 3. The molecule has 0 spiro atoms. The summed E-state index contributed by atoms with van der Waals surface area (Å²) in [6.45, 7) is 0. The number of benzene rings is 3. The fourth-order valence-electron chi connectivity index (χ4n) is 4.04. The van der Waals surface area contributed by atoms with E-state index in [0.29, 0.717) is 39.7 Å². The molecule has 1 aliphatic rings. The van der Waals surface area contributed by atoms with Crippen molar-refractivity contribution in [1.82, 2.24) is 5.32 Å². The van der Waals surface area contributed by atoms with Crippen LogP contribution in [0.4, 0.5) is 0 Å². The molecule has 1 aliphatic carbocycles. The summed E-state index contributed by atoms with van der Waals surface area (Å²) in [5.41, 5.74) is 18.1. The van der Waals surface area contributed by atoms with E-state index < -0.39 is 5.91 Å². The molecule has 0 atom stereocenters. The molecule has 3 aromatic rings. The van der Waals surface area contributed by atoms with Gasteiger partial charge in [-0.1, -0.05) is 6.07 Å². The number of amides is 2. The first-order valence-corrected chi connectivity index (χ1v) is 11.7. The quantitative estimate of drug-likeness (QED) is 0.240. The number of amidine groups is 1. The summed E-state index contributed by atoms with van der Waals surface area (Å²) >= 11 is 0. The summed E-state index contributed by atoms with van der Waals surface area (Å²) < 4.78 is 12.0. The van der Waals surface area contributed by atoms with Crippen molar-refractivity contribution in [2.24, 2.45) is 17.2 Å². The SMILES string of the molecule is N=C(N)c1ccc(Oc2cc(Oc3cccc(C(N)=O)c3)ccc2C(=O)NC2CCC(N)CC2)cc1. The van der Waals surface area contributed by atoms with Gasteiger partial charge in [-0.2, -0.15) is 0 Å². The van der Waals surface area contributed by atoms with E-state index >= 15 is 0 Å². The third-order valence-electron chi connectivity index (χ3n) is 6.05. The zero-order valence-corrected chi connectivity index (χ0v) is 19.7. The van der Waals surface area contributed by atoms with Gasteiger partial charge in [0.05, 0.1) is 5.56 Å². The van der Waals surface area contributed by atoms with Crippen LogP contribution in [0.25, 0.3) is 0 Å². The highest BCUT2D eigenvalue weighted by atomic mass is 16.5. The molecule has 186 valence electrons. The first-order valence-electron chi connectivity index (χ1n) is 11.7. The molecule has 4 rings (SSSR count). The Morgan fingerprint density at radius 2 is 1.47 bits per heavy atom. The summed E-state index contributed by atoms with van der Waals surface area (Å²) in [6, 6.07) is 18.3. The Bertz CT molecular complexity index is 1270. The van der Waals surface area contributed by atoms with Crippen molar-refractivity contribution in [3.63, 3.8) is 0 Å². The van der Waals surface area contributed by atoms with Crippen molar-refractivity contribution in [1.29, 1.82) is 5.41 Å². The van der Waals surface area contributed by atoms with Gasteiger partial charge in [-0.25, -0.2) is 0 Å². The molecule has 0 bridgehead atoms. The summed E-state index contributed by atoms with van der Waals surface area (Å²) in [7, 11) is 0. The van der Waals surface area contributed by atoms with Crippen LogP contribution in [0, 0.1) is 5.41 Å². The van der Waals surface area contributed by atoms with Gasteiger partial charge >= 0.3 is 0 Å². The second kappa shape index (κ2) is 10.9. The second-order valence-corrected chi connectivity index (χ2v) is 8.78. The lowest BCUT2D eigenvalue weighted by molar-refractivity contribution is 0.0922. The summed E-state index contributed by atoms with van der Waals surface area (Å²) in [5.74, 6) is 0.709. The van der Waals surface area contributed by atoms with Gasteiger partial charge in [-0.05, 0) is 80.3 Å². The molecule has 8 N–H and O–H groups in total. The van der Waals surface area contributed by atoms with Gasteiger partial charge < -0.3 is 32.0 Å². The minimum Gasteiger partial charge on any atom is -0.457 e. The predicted octanol–water partition coefficient (Wildman–Crippen LogP) is 3.65. The Morgan fingerprint density at radius 1 is 0.806 bits per heavy atom. The fraction of sp³-hybridized carbons (Fsp3) is 0.222. The first-order chi connectivity index (χ1) is 17.3. The Labute approximate surface area is 209 Å². The molecule has 0 saturated heterocycles. The van der Waals surface area contributed by atoms with Crippen LogP contribution in [0.2, 0.25) is 0 Å². The van der Waals surface area contributed by atoms with E-state index in [1.165, 1.54) is 6.07 Å². The number of carbonyl (C=O) groups excluding carboxylic acids is 2. The third kappa shape index (κ3) is 6.19. The molecular weight excluding hydrogens is 458 g/mol. The van der Waals surface area contributed by atoms with E-state index in [1.807, 2.05) is 0 Å². The van der Waals surface area contributed by atoms with Gasteiger partial charge in [0.1, 0.15) is 28.8 Å². The lowest BCUT2D eigenvalue weighted by Crippen LogP contribution is -2.40. The molecule has 0 radical (unpaired) electrons. The molecule has 36 heavy (non-hydrogen) atoms. The van der Waals surface area contributed by atoms with Gasteiger partial charge in [0.15, 0.2) is 0 Å². The molecule has 0 aliphatic heterocycles. The van der Waals surface area contributed by atoms with Crippen LogP contribution in [0.15, 0.2) is 66.7 Å². The van der Waals surface area contributed by atoms with Crippen molar-refractivity contribution in [3.05, 3.63) is 83.4 Å². The topological polar surface area (TPSA) is 167 Å². The smallest absolute Gasteiger partial charge is 0.255 e. The molecule has 9 heteroatoms. The number of primary amides is 1. The average molecular weight is 488 g/mol. The largest absolute Gasteiger partial charge is 0.457 e. The second-order valence-electron chi connectivity index (χ2n) is 8.78. The third-order valence-corrected chi connectivity index (χ3v) is 6.05. The highest BCUT2D eigenvalue weighted by Crippen LogP contribution is 2.32. The maximum atomic E-state index is 13.2. The van der Waals surface area contributed by atoms with Crippen LogP contribution in [-0.2, 0) is 0 Å². The standard InChI is InChI=1S/C27H29N5O4/c28-18-6-8-19(9-7-18)32-27(34)23-13-12-22(35-21-3-1-2-17(14-21)26(31)33)15-24(23)36-20-10-4-16(5-11-20)25(29)30/h1-5,10-15,18-19H,6-9,28H2,(H3,29,30)(H2,31,33)(H,32,34). The molecule has 0 aromatic heterocycles. The van der Waals surface area contributed by atoms with Crippen LogP contribution in [-0.4, -0.2) is 29.7 Å². The number of nitrogen functional groups attached to an aromatic ring is 1. The van der Waals surface area contributed by atoms with E-state index in [0.717, 1.165) is 25.7 Å². The van der Waals surface area contributed by atoms with Crippen LogP contribution in [0.3, 0.4) is 0 Å². The van der Waals surface area contributed by atoms with Crippen LogP contribution >= 0.6 is 0 Å². The van der Waals surface area contributed by atoms with Crippen LogP contribution in [0.1, 0.15) is 52.0 Å². The summed E-state index contributed by atoms with van der Waals surface area (Å²) in [4.78, 5) is 24.7. The zero-order chi connectivity index (χ0) is 25.7. The lowest BCUT2D eigenvalue weighted by atomic mass is 9.91. The van der Waals surface area contributed by atoms with Crippen molar-refractivity contribution in [3.8, 4) is 23.0 Å². The molecule has 1 saturated carbocycles. The van der Waals surface area contributed by atoms with Gasteiger partial charge in [-0.3, -0.25) is 15.0 Å². The highest BCUT2D eigenvalue weighted by Gasteiger charge is 2.23. The van der Waals surface area contributed by atoms with Crippen molar-refractivity contribution in [2.75, 3.05) is 0 Å². The number of carbonyl (C=O) groups is 2. The van der Waals surface area contributed by atoms with Gasteiger partial charge in [0.25, 0.3) is 5.91 Å². The van der Waals surface area contributed by atoms with Gasteiger partial charge in [0, 0.05) is 29.3 Å². The summed E-state index contributed by atoms with van der Waals surface area (Å²) in [6.07, 6.45) is 3.39. The Morgan fingerprint density at radius 3 is 2.14 bits per heavy atom. The molecule has 3 aromatic carbocycles. The average Bonchev–Trinajstić information content (AvgIpc) is 2.86. The van der Waals surface area contributed by atoms with Crippen molar-refractivity contribution < 1.29 is 19.1 Å². The monoisotopic (exact) mass is 487 g/mol. The number of hydrogen-bond donors (Lipinski definition) is 5. The van der Waals surface area contributed by atoms with Gasteiger partial charge in [-0.15, -0.1) is 0 Å². The van der Waals surface area contributed by atoms with Crippen LogP contribution in [0.5, 0.6) is 23.0 Å². The maximum absolute atomic E-state index is 13.2. The Kier molecular flexibility index (Phi) is 7.50. The minimum atomic E-state index is -0.561. The molecule has 0 unspecified atom stereocenters. The van der Waals surface area contributed by atoms with E-state index in [4.69, 9.17) is 32.1 Å². The number of nitrogens with one attached hydrogen (secondary N) is 2. The number of hydrogen-bond acceptors (Lipinski definition) is 6. The minimum absolute atomic E-state index is 0.0486.